The molecule has 10 heteroatoms. The van der Waals surface area contributed by atoms with Gasteiger partial charge in [0.2, 0.25) is 0 Å². The highest BCUT2D eigenvalue weighted by atomic mass is 31.2. The zero-order valence-corrected chi connectivity index (χ0v) is 61.9. The molecule has 0 saturated heterocycles. The van der Waals surface area contributed by atoms with E-state index in [4.69, 9.17) is 18.5 Å². The zero-order valence-electron chi connectivity index (χ0n) is 61.0. The maximum absolute atomic E-state index is 12.9. The van der Waals surface area contributed by atoms with E-state index in [1.165, 1.54) is 244 Å². The Morgan fingerprint density at radius 1 is 0.348 bits per heavy atom. The summed E-state index contributed by atoms with van der Waals surface area (Å²) in [6, 6.07) is 0. The van der Waals surface area contributed by atoms with Gasteiger partial charge in [0.25, 0.3) is 7.82 Å². The van der Waals surface area contributed by atoms with Gasteiger partial charge in [-0.15, -0.1) is 0 Å². The standard InChI is InChI=1S/C82H148NO8P/c1-6-8-10-12-14-16-18-20-22-24-26-28-30-32-34-36-38-39-40-41-42-43-45-47-49-51-53-55-57-59-61-63-65-67-69-71-73-75-82(85)91-80(79-90-92(86,87)89-77-76-83(3,4)5)78-88-81(84)74-72-70-68-66-64-62-60-58-56-54-52-50-48-46-44-37-35-33-31-29-27-25-23-21-19-17-15-13-11-9-7-2/h8,10,14,16,19-22,25-28,32,34,38-39,80H,6-7,9,11-13,15,17-18,23-24,29-31,33,35-37,40-79H2,1-5H3/b10-8-,16-14-,21-19-,22-20-,27-25-,28-26-,34-32-,39-38-. The molecule has 0 spiro atoms. The first kappa shape index (κ1) is 88.9. The zero-order chi connectivity index (χ0) is 66.9. The van der Waals surface area contributed by atoms with Crippen molar-refractivity contribution in [3.8, 4) is 0 Å². The normalized spacial score (nSPS) is 13.6. The molecule has 0 aliphatic rings. The molecule has 2 unspecified atom stereocenters. The van der Waals surface area contributed by atoms with Crippen molar-refractivity contribution in [2.75, 3.05) is 47.5 Å². The van der Waals surface area contributed by atoms with E-state index in [0.29, 0.717) is 17.4 Å². The quantitative estimate of drug-likeness (QED) is 0.0195. The third-order valence-corrected chi connectivity index (χ3v) is 18.1. The van der Waals surface area contributed by atoms with Gasteiger partial charge in [0.15, 0.2) is 6.10 Å². The summed E-state index contributed by atoms with van der Waals surface area (Å²) in [5.74, 6) is -0.817. The van der Waals surface area contributed by atoms with Gasteiger partial charge >= 0.3 is 11.9 Å². The third kappa shape index (κ3) is 76.0. The molecule has 0 radical (unpaired) electrons. The number of hydrogen-bond donors (Lipinski definition) is 0. The number of quaternary nitrogens is 1. The second-order valence-corrected chi connectivity index (χ2v) is 28.8. The van der Waals surface area contributed by atoms with Crippen molar-refractivity contribution < 1.29 is 42.1 Å². The highest BCUT2D eigenvalue weighted by molar-refractivity contribution is 7.45. The summed E-state index contributed by atoms with van der Waals surface area (Å²) in [6.07, 6.45) is 101. The molecule has 0 amide bonds. The van der Waals surface area contributed by atoms with Crippen LogP contribution >= 0.6 is 7.82 Å². The molecule has 92 heavy (non-hydrogen) atoms. The number of esters is 2. The molecule has 0 aromatic rings. The monoisotopic (exact) mass is 1310 g/mol. The highest BCUT2D eigenvalue weighted by Crippen LogP contribution is 2.38. The lowest BCUT2D eigenvalue weighted by atomic mass is 10.0. The Labute approximate surface area is 570 Å². The van der Waals surface area contributed by atoms with E-state index < -0.39 is 26.5 Å². The lowest BCUT2D eigenvalue weighted by Crippen LogP contribution is -2.37. The van der Waals surface area contributed by atoms with Crippen LogP contribution in [0, 0.1) is 0 Å². The smallest absolute Gasteiger partial charge is 0.306 e. The molecule has 0 N–H and O–H groups in total. The lowest BCUT2D eigenvalue weighted by Gasteiger charge is -2.28. The Kier molecular flexibility index (Phi) is 69.8. The Morgan fingerprint density at radius 2 is 0.620 bits per heavy atom. The number of unbranched alkanes of at least 4 members (excludes halogenated alkanes) is 42. The maximum atomic E-state index is 12.9. The fourth-order valence-corrected chi connectivity index (χ4v) is 11.9. The molecule has 0 bridgehead atoms. The molecule has 0 aliphatic carbocycles. The van der Waals surface area contributed by atoms with Gasteiger partial charge in [-0.05, 0) is 96.3 Å². The van der Waals surface area contributed by atoms with E-state index in [9.17, 15) is 19.0 Å². The highest BCUT2D eigenvalue weighted by Gasteiger charge is 2.22. The summed E-state index contributed by atoms with van der Waals surface area (Å²) in [7, 11) is 1.18. The first-order valence-electron chi connectivity index (χ1n) is 38.9. The van der Waals surface area contributed by atoms with Gasteiger partial charge in [0.1, 0.15) is 19.8 Å². The Balaban J connectivity index is 3.96. The molecule has 9 nitrogen and oxygen atoms in total. The van der Waals surface area contributed by atoms with Gasteiger partial charge in [-0.2, -0.15) is 0 Å². The summed E-state index contributed by atoms with van der Waals surface area (Å²) in [5.41, 5.74) is 0. The summed E-state index contributed by atoms with van der Waals surface area (Å²) in [5, 5.41) is 0. The molecule has 0 saturated carbocycles. The number of phosphoric ester groups is 1. The van der Waals surface area contributed by atoms with E-state index in [1.54, 1.807) is 0 Å². The van der Waals surface area contributed by atoms with Crippen molar-refractivity contribution in [3.05, 3.63) is 97.2 Å². The predicted molar refractivity (Wildman–Crippen MR) is 397 cm³/mol. The van der Waals surface area contributed by atoms with Crippen LogP contribution in [0.3, 0.4) is 0 Å². The maximum Gasteiger partial charge on any atom is 0.306 e. The minimum Gasteiger partial charge on any atom is -0.756 e. The lowest BCUT2D eigenvalue weighted by molar-refractivity contribution is -0.870. The number of allylic oxidation sites excluding steroid dienone is 16. The van der Waals surface area contributed by atoms with Crippen molar-refractivity contribution in [2.45, 2.75) is 367 Å². The van der Waals surface area contributed by atoms with Crippen LogP contribution < -0.4 is 4.89 Å². The second kappa shape index (κ2) is 72.2. The number of nitrogens with zero attached hydrogens (tertiary/aromatic N) is 1. The van der Waals surface area contributed by atoms with Crippen molar-refractivity contribution in [1.82, 2.24) is 0 Å². The summed E-state index contributed by atoms with van der Waals surface area (Å²) in [6.45, 7) is 4.17. The Morgan fingerprint density at radius 3 is 0.924 bits per heavy atom. The molecule has 0 aromatic heterocycles. The van der Waals surface area contributed by atoms with Gasteiger partial charge in [-0.25, -0.2) is 0 Å². The predicted octanol–water partition coefficient (Wildman–Crippen LogP) is 25.2. The number of carbonyl (C=O) groups excluding carboxylic acids is 2. The number of hydrogen-bond acceptors (Lipinski definition) is 8. The summed E-state index contributed by atoms with van der Waals surface area (Å²) >= 11 is 0. The van der Waals surface area contributed by atoms with Gasteiger partial charge < -0.3 is 27.9 Å². The Bertz CT molecular complexity index is 1880. The largest absolute Gasteiger partial charge is 0.756 e. The van der Waals surface area contributed by atoms with E-state index in [0.717, 1.165) is 83.5 Å². The first-order chi connectivity index (χ1) is 45.0. The number of phosphoric acid groups is 1. The molecule has 2 atom stereocenters. The van der Waals surface area contributed by atoms with Crippen LogP contribution in [0.4, 0.5) is 0 Å². The van der Waals surface area contributed by atoms with Crippen LogP contribution in [-0.2, 0) is 32.7 Å². The molecule has 0 heterocycles. The number of likely N-dealkylation sites (N-methyl/N-ethyl adjacent to an activating group) is 1. The fourth-order valence-electron chi connectivity index (χ4n) is 11.2. The Hall–Kier alpha value is -3.07. The van der Waals surface area contributed by atoms with Crippen LogP contribution in [0.15, 0.2) is 97.2 Å². The van der Waals surface area contributed by atoms with Gasteiger partial charge in [0, 0.05) is 12.8 Å². The van der Waals surface area contributed by atoms with Crippen molar-refractivity contribution >= 4 is 19.8 Å². The minimum absolute atomic E-state index is 0.0311. The second-order valence-electron chi connectivity index (χ2n) is 27.3. The molecule has 0 fully saturated rings. The van der Waals surface area contributed by atoms with E-state index >= 15 is 0 Å². The summed E-state index contributed by atoms with van der Waals surface area (Å²) in [4.78, 5) is 38.2. The van der Waals surface area contributed by atoms with Gasteiger partial charge in [0.05, 0.1) is 27.7 Å². The molecule has 0 aromatic carbocycles. The molecule has 0 aliphatic heterocycles. The van der Waals surface area contributed by atoms with E-state index in [2.05, 4.69) is 111 Å². The first-order valence-corrected chi connectivity index (χ1v) is 40.4. The van der Waals surface area contributed by atoms with Gasteiger partial charge in [-0.3, -0.25) is 14.2 Å². The number of carbonyl (C=O) groups is 2. The fraction of sp³-hybridized carbons (Fsp3) is 0.780. The van der Waals surface area contributed by atoms with E-state index in [1.807, 2.05) is 21.1 Å². The van der Waals surface area contributed by atoms with Crippen LogP contribution in [0.1, 0.15) is 361 Å². The average molecular weight is 1310 g/mol. The van der Waals surface area contributed by atoms with Crippen molar-refractivity contribution in [3.63, 3.8) is 0 Å². The van der Waals surface area contributed by atoms with Crippen molar-refractivity contribution in [2.24, 2.45) is 0 Å². The molecule has 534 valence electrons. The minimum atomic E-state index is -4.65. The summed E-state index contributed by atoms with van der Waals surface area (Å²) < 4.78 is 34.4. The van der Waals surface area contributed by atoms with Crippen LogP contribution in [0.2, 0.25) is 0 Å². The average Bonchev–Trinajstić information content (AvgIpc) is 2.34. The third-order valence-electron chi connectivity index (χ3n) is 17.1. The number of ether oxygens (including phenoxy) is 2. The topological polar surface area (TPSA) is 111 Å². The van der Waals surface area contributed by atoms with Gasteiger partial charge in [-0.1, -0.05) is 349 Å². The molecular weight excluding hydrogens is 1160 g/mol. The molecular formula is C82H148NO8P. The van der Waals surface area contributed by atoms with Crippen LogP contribution in [0.25, 0.3) is 0 Å². The van der Waals surface area contributed by atoms with Crippen LogP contribution in [0.5, 0.6) is 0 Å². The SMILES string of the molecule is CC/C=C\C/C=C\C/C=C\C/C=C\C/C=C\C/C=C\CCCCCCCCCCCCCCCCCCCCC(=O)OC(COC(=O)CCCCCCCCCCCCCCCCCCCCC/C=C\C/C=C\CCCCCCC)COP(=O)([O-])OCC[N+](C)(C)C. The number of rotatable bonds is 72. The van der Waals surface area contributed by atoms with Crippen molar-refractivity contribution in [1.29, 1.82) is 0 Å². The molecule has 0 rings (SSSR count). The van der Waals surface area contributed by atoms with Crippen LogP contribution in [-0.4, -0.2) is 70.0 Å². The van der Waals surface area contributed by atoms with E-state index in [-0.39, 0.29) is 32.0 Å².